The van der Waals surface area contributed by atoms with Crippen molar-refractivity contribution in [2.45, 2.75) is 39.3 Å². The van der Waals surface area contributed by atoms with E-state index in [0.29, 0.717) is 31.7 Å². The number of carboxylic acid groups (broad SMARTS) is 1. The van der Waals surface area contributed by atoms with E-state index in [1.165, 1.54) is 0 Å². The molecule has 4 aromatic rings. The summed E-state index contributed by atoms with van der Waals surface area (Å²) < 4.78 is 11.0. The van der Waals surface area contributed by atoms with Gasteiger partial charge >= 0.3 is 5.97 Å². The number of aliphatic carboxylic acids is 1. The third-order valence-electron chi connectivity index (χ3n) is 6.25. The van der Waals surface area contributed by atoms with Gasteiger partial charge in [-0.2, -0.15) is 0 Å². The summed E-state index contributed by atoms with van der Waals surface area (Å²) in [6, 6.07) is 21.7. The van der Waals surface area contributed by atoms with E-state index in [1.807, 2.05) is 67.7 Å². The van der Waals surface area contributed by atoms with Crippen LogP contribution in [-0.2, 0) is 22.5 Å². The van der Waals surface area contributed by atoms with Crippen LogP contribution < -0.4 is 4.74 Å². The predicted octanol–water partition coefficient (Wildman–Crippen LogP) is 6.66. The molecule has 4 rings (SSSR count). The topological polar surface area (TPSA) is 76.1 Å². The Morgan fingerprint density at radius 2 is 1.68 bits per heavy atom. The van der Waals surface area contributed by atoms with Gasteiger partial charge in [0.1, 0.15) is 5.75 Å². The summed E-state index contributed by atoms with van der Waals surface area (Å²) in [5.74, 6) is -0.140. The first-order valence-electron chi connectivity index (χ1n) is 12.8. The van der Waals surface area contributed by atoms with Crippen LogP contribution in [0.1, 0.15) is 41.8 Å². The number of hydrogen-bond donors (Lipinski definition) is 1. The van der Waals surface area contributed by atoms with E-state index >= 15 is 0 Å². The van der Waals surface area contributed by atoms with Gasteiger partial charge in [0.25, 0.3) is 5.91 Å². The van der Waals surface area contributed by atoms with Gasteiger partial charge < -0.3 is 19.5 Å². The standard InChI is InChI=1S/C31H33NO5S/c1-4-14-37-27-13-12-24-17-26(11-10-25(24)18-27)30(33)32(3)19-22-16-29(38-20-22)23-8-6-21(7-9-23)15-28(31(34)35)36-5-2/h6-13,16-18,20,28H,4-5,14-15,19H2,1-3H3,(H,34,35)/t28-/m0/s1. The van der Waals surface area contributed by atoms with E-state index in [9.17, 15) is 14.7 Å². The smallest absolute Gasteiger partial charge is 0.333 e. The molecule has 0 aliphatic heterocycles. The van der Waals surface area contributed by atoms with E-state index in [1.54, 1.807) is 23.2 Å². The van der Waals surface area contributed by atoms with Crippen LogP contribution >= 0.6 is 11.3 Å². The lowest BCUT2D eigenvalue weighted by atomic mass is 10.0. The van der Waals surface area contributed by atoms with Crippen molar-refractivity contribution in [2.75, 3.05) is 20.3 Å². The van der Waals surface area contributed by atoms with Gasteiger partial charge in [-0.1, -0.05) is 43.3 Å². The Hall–Kier alpha value is -3.68. The summed E-state index contributed by atoms with van der Waals surface area (Å²) in [6.45, 7) is 5.42. The Balaban J connectivity index is 1.39. The van der Waals surface area contributed by atoms with E-state index < -0.39 is 12.1 Å². The highest BCUT2D eigenvalue weighted by atomic mass is 32.1. The van der Waals surface area contributed by atoms with E-state index in [2.05, 4.69) is 18.4 Å². The maximum atomic E-state index is 13.2. The average Bonchev–Trinajstić information content (AvgIpc) is 3.39. The number of carbonyl (C=O) groups excluding carboxylic acids is 1. The number of fused-ring (bicyclic) bond motifs is 1. The molecule has 0 saturated heterocycles. The zero-order valence-electron chi connectivity index (χ0n) is 22.0. The number of thiophene rings is 1. The SMILES string of the molecule is CCCOc1ccc2cc(C(=O)N(C)Cc3csc(-c4ccc(C[C@H](OCC)C(=O)O)cc4)c3)ccc2c1. The third-order valence-corrected chi connectivity index (χ3v) is 7.28. The van der Waals surface area contributed by atoms with Gasteiger partial charge in [-0.3, -0.25) is 4.79 Å². The minimum Gasteiger partial charge on any atom is -0.494 e. The van der Waals surface area contributed by atoms with Gasteiger partial charge in [0, 0.05) is 37.1 Å². The second kappa shape index (κ2) is 12.7. The number of carboxylic acids is 1. The van der Waals surface area contributed by atoms with Crippen LogP contribution in [0.4, 0.5) is 0 Å². The molecule has 1 atom stereocenters. The van der Waals surface area contributed by atoms with Gasteiger partial charge in [0.2, 0.25) is 0 Å². The number of amides is 1. The Morgan fingerprint density at radius 3 is 2.39 bits per heavy atom. The molecule has 3 aromatic carbocycles. The van der Waals surface area contributed by atoms with Crippen molar-refractivity contribution in [1.29, 1.82) is 0 Å². The van der Waals surface area contributed by atoms with Crippen LogP contribution in [0.25, 0.3) is 21.2 Å². The summed E-state index contributed by atoms with van der Waals surface area (Å²) in [5.41, 5.74) is 3.68. The van der Waals surface area contributed by atoms with E-state index in [4.69, 9.17) is 9.47 Å². The predicted molar refractivity (Wildman–Crippen MR) is 152 cm³/mol. The summed E-state index contributed by atoms with van der Waals surface area (Å²) in [7, 11) is 1.82. The largest absolute Gasteiger partial charge is 0.494 e. The van der Waals surface area contributed by atoms with Crippen LogP contribution in [0.3, 0.4) is 0 Å². The molecule has 0 spiro atoms. The van der Waals surface area contributed by atoms with Crippen molar-refractivity contribution >= 4 is 34.0 Å². The average molecular weight is 532 g/mol. The van der Waals surface area contributed by atoms with Crippen molar-refractivity contribution in [3.05, 3.63) is 88.8 Å². The quantitative estimate of drug-likeness (QED) is 0.221. The van der Waals surface area contributed by atoms with Crippen LogP contribution in [0.5, 0.6) is 5.75 Å². The van der Waals surface area contributed by atoms with Gasteiger partial charge in [0.05, 0.1) is 6.61 Å². The molecule has 1 N–H and O–H groups in total. The van der Waals surface area contributed by atoms with Crippen molar-refractivity contribution in [1.82, 2.24) is 4.90 Å². The van der Waals surface area contributed by atoms with Gasteiger partial charge in [0.15, 0.2) is 6.10 Å². The summed E-state index contributed by atoms with van der Waals surface area (Å²) in [5, 5.41) is 13.4. The fourth-order valence-electron chi connectivity index (χ4n) is 4.28. The second-order valence-electron chi connectivity index (χ2n) is 9.24. The van der Waals surface area contributed by atoms with Crippen LogP contribution in [0.2, 0.25) is 0 Å². The zero-order valence-corrected chi connectivity index (χ0v) is 22.8. The van der Waals surface area contributed by atoms with Crippen LogP contribution in [-0.4, -0.2) is 48.2 Å². The molecular formula is C31H33NO5S. The summed E-state index contributed by atoms with van der Waals surface area (Å²) in [6.07, 6.45) is 0.445. The third kappa shape index (κ3) is 6.79. The van der Waals surface area contributed by atoms with Crippen molar-refractivity contribution < 1.29 is 24.2 Å². The van der Waals surface area contributed by atoms with Crippen LogP contribution in [0.15, 0.2) is 72.1 Å². The number of nitrogens with zero attached hydrogens (tertiary/aromatic N) is 1. The molecule has 7 heteroatoms. The Morgan fingerprint density at radius 1 is 0.947 bits per heavy atom. The normalized spacial score (nSPS) is 11.9. The van der Waals surface area contributed by atoms with Crippen molar-refractivity contribution in [3.8, 4) is 16.2 Å². The van der Waals surface area contributed by atoms with E-state index in [0.717, 1.165) is 44.5 Å². The fourth-order valence-corrected chi connectivity index (χ4v) is 5.19. The molecule has 0 unspecified atom stereocenters. The molecule has 198 valence electrons. The molecular weight excluding hydrogens is 498 g/mol. The monoisotopic (exact) mass is 531 g/mol. The molecule has 0 aliphatic rings. The van der Waals surface area contributed by atoms with E-state index in [-0.39, 0.29) is 5.91 Å². The molecule has 0 bridgehead atoms. The van der Waals surface area contributed by atoms with Crippen LogP contribution in [0, 0.1) is 0 Å². The van der Waals surface area contributed by atoms with Gasteiger partial charge in [-0.05, 0) is 76.5 Å². The highest BCUT2D eigenvalue weighted by molar-refractivity contribution is 7.13. The lowest BCUT2D eigenvalue weighted by Gasteiger charge is -2.17. The first-order valence-corrected chi connectivity index (χ1v) is 13.7. The lowest BCUT2D eigenvalue weighted by Crippen LogP contribution is -2.26. The number of benzene rings is 3. The first kappa shape index (κ1) is 27.4. The second-order valence-corrected chi connectivity index (χ2v) is 10.1. The zero-order chi connectivity index (χ0) is 27.1. The maximum absolute atomic E-state index is 13.2. The van der Waals surface area contributed by atoms with Crippen molar-refractivity contribution in [2.24, 2.45) is 0 Å². The summed E-state index contributed by atoms with van der Waals surface area (Å²) >= 11 is 1.63. The number of rotatable bonds is 12. The molecule has 1 amide bonds. The molecule has 0 saturated carbocycles. The molecule has 1 heterocycles. The first-order chi connectivity index (χ1) is 18.4. The van der Waals surface area contributed by atoms with Gasteiger partial charge in [-0.25, -0.2) is 4.79 Å². The molecule has 0 fully saturated rings. The maximum Gasteiger partial charge on any atom is 0.333 e. The molecule has 38 heavy (non-hydrogen) atoms. The fraction of sp³-hybridized carbons (Fsp3) is 0.290. The molecule has 0 radical (unpaired) electrons. The Labute approximate surface area is 227 Å². The Kier molecular flexibility index (Phi) is 9.15. The Bertz CT molecular complexity index is 1400. The highest BCUT2D eigenvalue weighted by Gasteiger charge is 2.18. The lowest BCUT2D eigenvalue weighted by molar-refractivity contribution is -0.149. The number of ether oxygens (including phenoxy) is 2. The number of hydrogen-bond acceptors (Lipinski definition) is 5. The van der Waals surface area contributed by atoms with Crippen molar-refractivity contribution in [3.63, 3.8) is 0 Å². The minimum absolute atomic E-state index is 0.0300. The minimum atomic E-state index is -0.952. The van der Waals surface area contributed by atoms with Gasteiger partial charge in [-0.15, -0.1) is 11.3 Å². The number of carbonyl (C=O) groups is 2. The molecule has 1 aromatic heterocycles. The highest BCUT2D eigenvalue weighted by Crippen LogP contribution is 2.29. The molecule has 6 nitrogen and oxygen atoms in total. The molecule has 0 aliphatic carbocycles. The summed E-state index contributed by atoms with van der Waals surface area (Å²) in [4.78, 5) is 27.3.